The number of azo groups is 1. The fourth-order valence-corrected chi connectivity index (χ4v) is 0.233. The number of amidine groups is 1. The van der Waals surface area contributed by atoms with Crippen molar-refractivity contribution in [3.05, 3.63) is 12.3 Å². The van der Waals surface area contributed by atoms with Crippen molar-refractivity contribution in [3.8, 4) is 0 Å². The first-order valence-corrected chi connectivity index (χ1v) is 1.55. The zero-order valence-corrected chi connectivity index (χ0v) is 4.92. The van der Waals surface area contributed by atoms with Crippen LogP contribution in [-0.4, -0.2) is 5.84 Å². The first-order chi connectivity index (χ1) is 2.89. The Balaban J connectivity index is 0.000000360. The Kier molecular flexibility index (Phi) is 2.65. The van der Waals surface area contributed by atoms with Crippen molar-refractivity contribution >= 4 is 5.84 Å². The summed E-state index contributed by atoms with van der Waals surface area (Å²) in [4.78, 5) is 0. The van der Waals surface area contributed by atoms with E-state index in [-0.39, 0.29) is 26.3 Å². The first kappa shape index (κ1) is 6.67. The molecule has 0 aromatic carbocycles. The summed E-state index contributed by atoms with van der Waals surface area (Å²) in [5.41, 5.74) is 0. The molecule has 0 saturated carbocycles. The van der Waals surface area contributed by atoms with E-state index < -0.39 is 0 Å². The Morgan fingerprint density at radius 3 is 2.43 bits per heavy atom. The first-order valence-electron chi connectivity index (χ1n) is 1.55. The molecule has 0 aromatic heterocycles. The summed E-state index contributed by atoms with van der Waals surface area (Å²) in [6.07, 6.45) is 3.02. The molecular weight excluding hydrogens is 184 g/mol. The van der Waals surface area contributed by atoms with Crippen molar-refractivity contribution in [2.24, 2.45) is 10.2 Å². The molecule has 0 spiro atoms. The Labute approximate surface area is 54.7 Å². The van der Waals surface area contributed by atoms with Crippen LogP contribution in [0.15, 0.2) is 22.5 Å². The second-order valence-corrected chi connectivity index (χ2v) is 0.916. The van der Waals surface area contributed by atoms with Gasteiger partial charge in [0.05, 0.1) is 6.20 Å². The van der Waals surface area contributed by atoms with E-state index >= 15 is 0 Å². The van der Waals surface area contributed by atoms with E-state index in [1.54, 1.807) is 0 Å². The summed E-state index contributed by atoms with van der Waals surface area (Å²) < 4.78 is 0. The predicted octanol–water partition coefficient (Wildman–Crippen LogP) is 0.941. The average Bonchev–Trinajstić information content (AvgIpc) is 1.86. The second kappa shape index (κ2) is 2.78. The number of nitrogens with zero attached hydrogens (tertiary/aromatic N) is 2. The molecule has 0 bridgehead atoms. The van der Waals surface area contributed by atoms with Gasteiger partial charge < -0.3 is 0 Å². The van der Waals surface area contributed by atoms with Crippen LogP contribution in [0.3, 0.4) is 0 Å². The molecule has 1 rings (SSSR count). The van der Waals surface area contributed by atoms with Crippen LogP contribution in [0.1, 0.15) is 0 Å². The minimum atomic E-state index is 0. The smallest absolute Gasteiger partial charge is 0.168 e. The van der Waals surface area contributed by atoms with Crippen LogP contribution >= 0.6 is 0 Å². The minimum Gasteiger partial charge on any atom is -0.281 e. The zero-order chi connectivity index (χ0) is 4.41. The molecule has 40 valence electrons. The Morgan fingerprint density at radius 1 is 1.57 bits per heavy atom. The van der Waals surface area contributed by atoms with Gasteiger partial charge in [0.1, 0.15) is 0 Å². The third-order valence-corrected chi connectivity index (χ3v) is 0.465. The Bertz CT molecular complexity index is 112. The van der Waals surface area contributed by atoms with Crippen molar-refractivity contribution in [2.75, 3.05) is 0 Å². The molecule has 0 amide bonds. The third kappa shape index (κ3) is 1.72. The van der Waals surface area contributed by atoms with Crippen LogP contribution < -0.4 is 0 Å². The maximum Gasteiger partial charge on any atom is 0.168 e. The van der Waals surface area contributed by atoms with Gasteiger partial charge >= 0.3 is 0 Å². The molecule has 7 heavy (non-hydrogen) atoms. The molecule has 0 unspecified atom stereocenters. The van der Waals surface area contributed by atoms with Crippen LogP contribution in [-0.2, 0) is 20.4 Å². The summed E-state index contributed by atoms with van der Waals surface area (Å²) in [5.74, 6) is 0.231. The molecule has 0 saturated heterocycles. The van der Waals surface area contributed by atoms with Gasteiger partial charge in [0.25, 0.3) is 0 Å². The largest absolute Gasteiger partial charge is 0.281 e. The summed E-state index contributed by atoms with van der Waals surface area (Å²) in [6, 6.07) is 0. The van der Waals surface area contributed by atoms with Gasteiger partial charge in [-0.2, -0.15) is 5.11 Å². The maximum atomic E-state index is 6.70. The van der Waals surface area contributed by atoms with Crippen molar-refractivity contribution in [3.63, 3.8) is 0 Å². The zero-order valence-electron chi connectivity index (χ0n) is 3.37. The van der Waals surface area contributed by atoms with Crippen LogP contribution in [0.2, 0.25) is 0 Å². The fraction of sp³-hybridized carbons (Fsp3) is 0. The SMILES string of the molecule is N=C1C=CN=N1.[Pd]. The molecule has 0 fully saturated rings. The van der Waals surface area contributed by atoms with Crippen molar-refractivity contribution < 1.29 is 20.4 Å². The van der Waals surface area contributed by atoms with Gasteiger partial charge in [0.15, 0.2) is 5.84 Å². The van der Waals surface area contributed by atoms with Crippen molar-refractivity contribution in [1.82, 2.24) is 0 Å². The number of hydrogen-bond donors (Lipinski definition) is 1. The Hall–Kier alpha value is -0.328. The van der Waals surface area contributed by atoms with Gasteiger partial charge in [-0.1, -0.05) is 0 Å². The molecule has 0 aromatic rings. The molecule has 1 heterocycles. The van der Waals surface area contributed by atoms with Gasteiger partial charge in [-0.15, -0.1) is 5.11 Å². The van der Waals surface area contributed by atoms with E-state index in [0.29, 0.717) is 0 Å². The van der Waals surface area contributed by atoms with Gasteiger partial charge in [-0.25, -0.2) is 0 Å². The minimum absolute atomic E-state index is 0. The maximum absolute atomic E-state index is 6.70. The molecule has 0 aliphatic carbocycles. The van der Waals surface area contributed by atoms with E-state index in [1.807, 2.05) is 0 Å². The van der Waals surface area contributed by atoms with E-state index in [0.717, 1.165) is 0 Å². The number of hydrogen-bond acceptors (Lipinski definition) is 2. The van der Waals surface area contributed by atoms with Crippen LogP contribution in [0.4, 0.5) is 0 Å². The summed E-state index contributed by atoms with van der Waals surface area (Å²) >= 11 is 0. The molecule has 3 nitrogen and oxygen atoms in total. The van der Waals surface area contributed by atoms with Crippen LogP contribution in [0.5, 0.6) is 0 Å². The molecule has 0 atom stereocenters. The average molecular weight is 187 g/mol. The summed E-state index contributed by atoms with van der Waals surface area (Å²) in [6.45, 7) is 0. The number of rotatable bonds is 0. The van der Waals surface area contributed by atoms with Crippen LogP contribution in [0, 0.1) is 5.41 Å². The van der Waals surface area contributed by atoms with E-state index in [9.17, 15) is 0 Å². The number of nitrogens with one attached hydrogen (secondary N) is 1. The molecule has 1 aliphatic rings. The van der Waals surface area contributed by atoms with Crippen molar-refractivity contribution in [1.29, 1.82) is 5.41 Å². The van der Waals surface area contributed by atoms with E-state index in [1.165, 1.54) is 12.3 Å². The van der Waals surface area contributed by atoms with E-state index in [2.05, 4.69) is 10.2 Å². The summed E-state index contributed by atoms with van der Waals surface area (Å²) in [7, 11) is 0. The normalized spacial score (nSPS) is 14.6. The predicted molar refractivity (Wildman–Crippen MR) is 21.7 cm³/mol. The Morgan fingerprint density at radius 2 is 2.29 bits per heavy atom. The monoisotopic (exact) mass is 187 g/mol. The van der Waals surface area contributed by atoms with Gasteiger partial charge in [0, 0.05) is 26.5 Å². The van der Waals surface area contributed by atoms with Gasteiger partial charge in [-0.3, -0.25) is 5.41 Å². The molecule has 1 aliphatic heterocycles. The second-order valence-electron chi connectivity index (χ2n) is 0.916. The standard InChI is InChI=1S/C3H3N3.Pd/c4-3-1-2-5-6-3;/h1-2,4H;. The quantitative estimate of drug-likeness (QED) is 0.549. The molecule has 1 N–H and O–H groups in total. The summed E-state index contributed by atoms with van der Waals surface area (Å²) in [5, 5.41) is 13.4. The van der Waals surface area contributed by atoms with E-state index in [4.69, 9.17) is 5.41 Å². The van der Waals surface area contributed by atoms with Crippen LogP contribution in [0.25, 0.3) is 0 Å². The topological polar surface area (TPSA) is 48.6 Å². The molecular formula is C3H3N3Pd. The third-order valence-electron chi connectivity index (χ3n) is 0.465. The van der Waals surface area contributed by atoms with Crippen molar-refractivity contribution in [2.45, 2.75) is 0 Å². The molecule has 4 heteroatoms. The fourth-order valence-electron chi connectivity index (χ4n) is 0.233. The molecule has 0 radical (unpaired) electrons. The van der Waals surface area contributed by atoms with Gasteiger partial charge in [0.2, 0.25) is 0 Å². The van der Waals surface area contributed by atoms with Gasteiger partial charge in [-0.05, 0) is 0 Å².